The van der Waals surface area contributed by atoms with Crippen LogP contribution in [0.15, 0.2) is 49.8 Å². The Bertz CT molecular complexity index is 973. The van der Waals surface area contributed by atoms with Gasteiger partial charge in [0, 0.05) is 8.95 Å². The lowest BCUT2D eigenvalue weighted by molar-refractivity contribution is -0.123. The standard InChI is InChI=1S/C20H20Br3N3O4S/c1-11(2)9-29-16-5-3-12(21)7-14(16)19(28)24-20(31)26-25-18(27)10-30-17-6-4-13(22)8-15(17)23/h3-8,11H,9-10H2,1-2H3,(H,25,27)(H2,24,26,28,31). The summed E-state index contributed by atoms with van der Waals surface area (Å²) in [4.78, 5) is 24.6. The van der Waals surface area contributed by atoms with E-state index in [4.69, 9.17) is 21.7 Å². The fraction of sp³-hybridized carbons (Fsp3) is 0.250. The zero-order valence-electron chi connectivity index (χ0n) is 16.6. The molecular weight excluding hydrogens is 618 g/mol. The van der Waals surface area contributed by atoms with Crippen molar-refractivity contribution >= 4 is 76.9 Å². The van der Waals surface area contributed by atoms with Gasteiger partial charge in [-0.25, -0.2) is 0 Å². The monoisotopic (exact) mass is 635 g/mol. The molecule has 0 atom stereocenters. The van der Waals surface area contributed by atoms with Crippen molar-refractivity contribution in [2.24, 2.45) is 5.92 Å². The van der Waals surface area contributed by atoms with Crippen molar-refractivity contribution in [1.82, 2.24) is 16.2 Å². The third-order valence-corrected chi connectivity index (χ3v) is 5.36. The topological polar surface area (TPSA) is 88.7 Å². The summed E-state index contributed by atoms with van der Waals surface area (Å²) in [7, 11) is 0. The first-order chi connectivity index (χ1) is 14.7. The van der Waals surface area contributed by atoms with Crippen molar-refractivity contribution in [3.63, 3.8) is 0 Å². The molecule has 0 unspecified atom stereocenters. The van der Waals surface area contributed by atoms with Crippen LogP contribution in [0.4, 0.5) is 0 Å². The molecule has 2 amide bonds. The summed E-state index contributed by atoms with van der Waals surface area (Å²) >= 11 is 15.1. The fourth-order valence-electron chi connectivity index (χ4n) is 2.16. The third-order valence-electron chi connectivity index (χ3n) is 3.55. The SMILES string of the molecule is CC(C)COc1ccc(Br)cc1C(=O)NC(=S)NNC(=O)COc1ccc(Br)cc1Br. The Hall–Kier alpha value is -1.69. The Kier molecular flexibility index (Phi) is 10.2. The fourth-order valence-corrected chi connectivity index (χ4v) is 3.83. The van der Waals surface area contributed by atoms with Gasteiger partial charge in [0.2, 0.25) is 0 Å². The number of nitrogens with one attached hydrogen (secondary N) is 3. The van der Waals surface area contributed by atoms with Crippen LogP contribution in [-0.4, -0.2) is 30.1 Å². The Morgan fingerprint density at radius 3 is 2.26 bits per heavy atom. The number of carbonyl (C=O) groups excluding carboxylic acids is 2. The Morgan fingerprint density at radius 1 is 0.968 bits per heavy atom. The second-order valence-electron chi connectivity index (χ2n) is 6.67. The maximum Gasteiger partial charge on any atom is 0.276 e. The number of amides is 2. The smallest absolute Gasteiger partial charge is 0.276 e. The van der Waals surface area contributed by atoms with Crippen molar-refractivity contribution in [1.29, 1.82) is 0 Å². The average Bonchev–Trinajstić information content (AvgIpc) is 2.70. The molecule has 166 valence electrons. The van der Waals surface area contributed by atoms with Crippen LogP contribution in [0.25, 0.3) is 0 Å². The molecule has 2 rings (SSSR count). The molecule has 0 heterocycles. The van der Waals surface area contributed by atoms with Crippen LogP contribution < -0.4 is 25.6 Å². The van der Waals surface area contributed by atoms with E-state index in [9.17, 15) is 9.59 Å². The predicted octanol–water partition coefficient (Wildman–Crippen LogP) is 4.72. The van der Waals surface area contributed by atoms with Gasteiger partial charge < -0.3 is 9.47 Å². The van der Waals surface area contributed by atoms with Gasteiger partial charge in [-0.15, -0.1) is 0 Å². The highest BCUT2D eigenvalue weighted by Gasteiger charge is 2.16. The first-order valence-electron chi connectivity index (χ1n) is 9.06. The van der Waals surface area contributed by atoms with Gasteiger partial charge in [-0.3, -0.25) is 25.8 Å². The highest BCUT2D eigenvalue weighted by molar-refractivity contribution is 9.11. The van der Waals surface area contributed by atoms with Gasteiger partial charge in [0.25, 0.3) is 11.8 Å². The number of hydrogen-bond acceptors (Lipinski definition) is 5. The number of carbonyl (C=O) groups is 2. The van der Waals surface area contributed by atoms with E-state index < -0.39 is 11.8 Å². The molecule has 0 aliphatic rings. The second-order valence-corrected chi connectivity index (χ2v) is 9.76. The first kappa shape index (κ1) is 25.6. The van der Waals surface area contributed by atoms with Gasteiger partial charge in [0.15, 0.2) is 11.7 Å². The van der Waals surface area contributed by atoms with Crippen LogP contribution in [0.3, 0.4) is 0 Å². The summed E-state index contributed by atoms with van der Waals surface area (Å²) in [5.74, 6) is 0.307. The minimum atomic E-state index is -0.477. The molecule has 31 heavy (non-hydrogen) atoms. The largest absolute Gasteiger partial charge is 0.492 e. The van der Waals surface area contributed by atoms with E-state index in [0.717, 1.165) is 8.95 Å². The van der Waals surface area contributed by atoms with E-state index in [0.29, 0.717) is 34.1 Å². The average molecular weight is 638 g/mol. The number of hydrogen-bond donors (Lipinski definition) is 3. The molecular formula is C20H20Br3N3O4S. The second kappa shape index (κ2) is 12.4. The predicted molar refractivity (Wildman–Crippen MR) is 133 cm³/mol. The van der Waals surface area contributed by atoms with E-state index >= 15 is 0 Å². The quantitative estimate of drug-likeness (QED) is 0.301. The summed E-state index contributed by atoms with van der Waals surface area (Å²) in [5, 5.41) is 2.44. The molecule has 0 aliphatic carbocycles. The number of hydrazine groups is 1. The zero-order chi connectivity index (χ0) is 23.0. The summed E-state index contributed by atoms with van der Waals surface area (Å²) in [6.07, 6.45) is 0. The maximum absolute atomic E-state index is 12.6. The Balaban J connectivity index is 1.86. The van der Waals surface area contributed by atoms with E-state index in [1.807, 2.05) is 13.8 Å². The number of thiocarbonyl (C=S) groups is 1. The van der Waals surface area contributed by atoms with Crippen molar-refractivity contribution in [2.75, 3.05) is 13.2 Å². The van der Waals surface area contributed by atoms with E-state index in [2.05, 4.69) is 64.0 Å². The van der Waals surface area contributed by atoms with E-state index in [1.165, 1.54) is 0 Å². The van der Waals surface area contributed by atoms with Gasteiger partial charge in [-0.2, -0.15) is 0 Å². The molecule has 0 bridgehead atoms. The van der Waals surface area contributed by atoms with Crippen LogP contribution in [0.1, 0.15) is 24.2 Å². The summed E-state index contributed by atoms with van der Waals surface area (Å²) in [6, 6.07) is 10.4. The van der Waals surface area contributed by atoms with Crippen molar-refractivity contribution in [3.05, 3.63) is 55.4 Å². The van der Waals surface area contributed by atoms with Gasteiger partial charge in [-0.05, 0) is 70.5 Å². The molecule has 11 heteroatoms. The molecule has 0 spiro atoms. The molecule has 3 N–H and O–H groups in total. The number of halogens is 3. The normalized spacial score (nSPS) is 10.4. The number of rotatable bonds is 7. The summed E-state index contributed by atoms with van der Waals surface area (Å²) in [5.41, 5.74) is 5.16. The molecule has 0 saturated heterocycles. The Labute approximate surface area is 211 Å². The Morgan fingerprint density at radius 2 is 1.61 bits per heavy atom. The minimum Gasteiger partial charge on any atom is -0.492 e. The van der Waals surface area contributed by atoms with E-state index in [1.54, 1.807) is 36.4 Å². The van der Waals surface area contributed by atoms with Crippen molar-refractivity contribution in [3.8, 4) is 11.5 Å². The highest BCUT2D eigenvalue weighted by Crippen LogP contribution is 2.28. The van der Waals surface area contributed by atoms with E-state index in [-0.39, 0.29) is 11.7 Å². The van der Waals surface area contributed by atoms with Gasteiger partial charge >= 0.3 is 0 Å². The van der Waals surface area contributed by atoms with Crippen LogP contribution >= 0.6 is 60.0 Å². The molecule has 0 aromatic heterocycles. The molecule has 7 nitrogen and oxygen atoms in total. The number of benzene rings is 2. The summed E-state index contributed by atoms with van der Waals surface area (Å²) in [6.45, 7) is 4.25. The molecule has 0 fully saturated rings. The third kappa shape index (κ3) is 8.76. The molecule has 2 aromatic rings. The summed E-state index contributed by atoms with van der Waals surface area (Å²) < 4.78 is 13.4. The van der Waals surface area contributed by atoms with Gasteiger partial charge in [0.05, 0.1) is 16.6 Å². The van der Waals surface area contributed by atoms with Crippen LogP contribution in [-0.2, 0) is 4.79 Å². The minimum absolute atomic E-state index is 0.0713. The zero-order valence-corrected chi connectivity index (χ0v) is 22.2. The lowest BCUT2D eigenvalue weighted by atomic mass is 10.2. The lowest BCUT2D eigenvalue weighted by Crippen LogP contribution is -2.49. The van der Waals surface area contributed by atoms with Gasteiger partial charge in [-0.1, -0.05) is 45.7 Å². The van der Waals surface area contributed by atoms with Crippen LogP contribution in [0, 0.1) is 5.92 Å². The molecule has 2 aromatic carbocycles. The van der Waals surface area contributed by atoms with Crippen molar-refractivity contribution < 1.29 is 19.1 Å². The molecule has 0 aliphatic heterocycles. The van der Waals surface area contributed by atoms with Crippen LogP contribution in [0.5, 0.6) is 11.5 Å². The first-order valence-corrected chi connectivity index (χ1v) is 11.8. The maximum atomic E-state index is 12.6. The van der Waals surface area contributed by atoms with Crippen LogP contribution in [0.2, 0.25) is 0 Å². The highest BCUT2D eigenvalue weighted by atomic mass is 79.9. The van der Waals surface area contributed by atoms with Gasteiger partial charge in [0.1, 0.15) is 11.5 Å². The molecule has 0 saturated carbocycles. The number of ether oxygens (including phenoxy) is 2. The van der Waals surface area contributed by atoms with Crippen molar-refractivity contribution in [2.45, 2.75) is 13.8 Å². The molecule has 0 radical (unpaired) electrons. The lowest BCUT2D eigenvalue weighted by Gasteiger charge is -2.15.